The Morgan fingerprint density at radius 2 is 2.20 bits per heavy atom. The highest BCUT2D eigenvalue weighted by atomic mass is 16.3. The quantitative estimate of drug-likeness (QED) is 0.879. The van der Waals surface area contributed by atoms with Gasteiger partial charge in [0, 0.05) is 13.1 Å². The molecule has 0 radical (unpaired) electrons. The molecule has 3 rings (SSSR count). The van der Waals surface area contributed by atoms with E-state index in [0.717, 1.165) is 50.2 Å². The summed E-state index contributed by atoms with van der Waals surface area (Å²) in [7, 11) is 0. The average Bonchev–Trinajstić information content (AvgIpc) is 3.02. The van der Waals surface area contributed by atoms with Gasteiger partial charge in [-0.2, -0.15) is 0 Å². The van der Waals surface area contributed by atoms with E-state index in [4.69, 9.17) is 4.98 Å². The molecule has 0 spiro atoms. The number of hydrogen-bond acceptors (Lipinski definition) is 3. The minimum Gasteiger partial charge on any atom is -0.393 e. The van der Waals surface area contributed by atoms with E-state index >= 15 is 0 Å². The van der Waals surface area contributed by atoms with Crippen molar-refractivity contribution < 1.29 is 5.11 Å². The third-order valence-corrected chi connectivity index (χ3v) is 4.36. The molecule has 2 aromatic rings. The first-order valence-electron chi connectivity index (χ1n) is 7.62. The van der Waals surface area contributed by atoms with Crippen LogP contribution in [0.5, 0.6) is 0 Å². The zero-order valence-electron chi connectivity index (χ0n) is 12.0. The maximum absolute atomic E-state index is 9.84. The fourth-order valence-corrected chi connectivity index (χ4v) is 3.24. The smallest absolute Gasteiger partial charge is 0.123 e. The lowest BCUT2D eigenvalue weighted by Gasteiger charge is -2.15. The van der Waals surface area contributed by atoms with Crippen molar-refractivity contribution in [3.63, 3.8) is 0 Å². The van der Waals surface area contributed by atoms with Gasteiger partial charge < -0.3 is 15.0 Å². The first-order valence-corrected chi connectivity index (χ1v) is 7.62. The Kier molecular flexibility index (Phi) is 4.03. The van der Waals surface area contributed by atoms with Gasteiger partial charge in [0.25, 0.3) is 0 Å². The number of rotatable bonds is 5. The number of hydrogen-bond donors (Lipinski definition) is 2. The molecule has 4 nitrogen and oxygen atoms in total. The monoisotopic (exact) mass is 273 g/mol. The van der Waals surface area contributed by atoms with Crippen molar-refractivity contribution in [2.45, 2.75) is 45.4 Å². The number of para-hydroxylation sites is 2. The van der Waals surface area contributed by atoms with Crippen LogP contribution >= 0.6 is 0 Å². The molecule has 108 valence electrons. The van der Waals surface area contributed by atoms with Crippen LogP contribution in [0.2, 0.25) is 0 Å². The molecular formula is C16H23N3O. The Hall–Kier alpha value is -1.39. The van der Waals surface area contributed by atoms with E-state index in [1.54, 1.807) is 0 Å². The van der Waals surface area contributed by atoms with Gasteiger partial charge in [0.1, 0.15) is 5.82 Å². The maximum Gasteiger partial charge on any atom is 0.123 e. The molecule has 1 aromatic heterocycles. The summed E-state index contributed by atoms with van der Waals surface area (Å²) < 4.78 is 2.26. The molecule has 2 N–H and O–H groups in total. The van der Waals surface area contributed by atoms with E-state index in [9.17, 15) is 5.11 Å². The minimum atomic E-state index is -0.118. The molecule has 2 unspecified atom stereocenters. The molecule has 0 saturated heterocycles. The van der Waals surface area contributed by atoms with Gasteiger partial charge in [-0.15, -0.1) is 0 Å². The standard InChI is InChI=1S/C16H23N3O/c1-2-19-14-8-4-3-7-13(14)18-16(19)11-17-10-12-6-5-9-15(12)20/h3-4,7-8,12,15,17,20H,2,5-6,9-11H2,1H3. The van der Waals surface area contributed by atoms with Crippen LogP contribution in [0.3, 0.4) is 0 Å². The molecule has 1 aromatic carbocycles. The Labute approximate surface area is 119 Å². The number of fused-ring (bicyclic) bond motifs is 1. The Morgan fingerprint density at radius 1 is 1.35 bits per heavy atom. The fourth-order valence-electron chi connectivity index (χ4n) is 3.24. The third-order valence-electron chi connectivity index (χ3n) is 4.36. The molecule has 20 heavy (non-hydrogen) atoms. The predicted octanol–water partition coefficient (Wildman–Crippen LogP) is 2.31. The van der Waals surface area contributed by atoms with Crippen LogP contribution in [0.25, 0.3) is 11.0 Å². The van der Waals surface area contributed by atoms with E-state index < -0.39 is 0 Å². The summed E-state index contributed by atoms with van der Waals surface area (Å²) >= 11 is 0. The normalized spacial score (nSPS) is 22.7. The van der Waals surface area contributed by atoms with Crippen molar-refractivity contribution in [2.75, 3.05) is 6.54 Å². The first kappa shape index (κ1) is 13.6. The minimum absolute atomic E-state index is 0.118. The summed E-state index contributed by atoms with van der Waals surface area (Å²) in [4.78, 5) is 4.70. The lowest BCUT2D eigenvalue weighted by Crippen LogP contribution is -2.28. The first-order chi connectivity index (χ1) is 9.79. The molecule has 1 fully saturated rings. The molecule has 1 aliphatic rings. The van der Waals surface area contributed by atoms with Gasteiger partial charge in [0.2, 0.25) is 0 Å². The lowest BCUT2D eigenvalue weighted by atomic mass is 10.1. The van der Waals surface area contributed by atoms with Gasteiger partial charge in [-0.05, 0) is 37.8 Å². The third kappa shape index (κ3) is 2.58. The number of imidazole rings is 1. The van der Waals surface area contributed by atoms with E-state index in [0.29, 0.717) is 5.92 Å². The number of nitrogens with one attached hydrogen (secondary N) is 1. The number of aliphatic hydroxyl groups excluding tert-OH is 1. The highest BCUT2D eigenvalue weighted by molar-refractivity contribution is 5.75. The van der Waals surface area contributed by atoms with E-state index in [2.05, 4.69) is 35.0 Å². The van der Waals surface area contributed by atoms with Gasteiger partial charge in [-0.25, -0.2) is 4.98 Å². The maximum atomic E-state index is 9.84. The van der Waals surface area contributed by atoms with Crippen molar-refractivity contribution in [3.8, 4) is 0 Å². The van der Waals surface area contributed by atoms with Crippen LogP contribution in [0.15, 0.2) is 24.3 Å². The molecule has 1 heterocycles. The van der Waals surface area contributed by atoms with Crippen LogP contribution < -0.4 is 5.32 Å². The van der Waals surface area contributed by atoms with Crippen molar-refractivity contribution in [3.05, 3.63) is 30.1 Å². The second-order valence-corrected chi connectivity index (χ2v) is 5.65. The summed E-state index contributed by atoms with van der Waals surface area (Å²) in [6.07, 6.45) is 3.13. The second kappa shape index (κ2) is 5.94. The summed E-state index contributed by atoms with van der Waals surface area (Å²) in [5.41, 5.74) is 2.26. The van der Waals surface area contributed by atoms with Gasteiger partial charge in [-0.1, -0.05) is 18.6 Å². The fraction of sp³-hybridized carbons (Fsp3) is 0.562. The Morgan fingerprint density at radius 3 is 2.95 bits per heavy atom. The van der Waals surface area contributed by atoms with Crippen LogP contribution in [-0.2, 0) is 13.1 Å². The number of aliphatic hydroxyl groups is 1. The summed E-state index contributed by atoms with van der Waals surface area (Å²) in [6.45, 7) is 4.74. The van der Waals surface area contributed by atoms with Crippen LogP contribution in [0.1, 0.15) is 32.0 Å². The Balaban J connectivity index is 1.68. The molecular weight excluding hydrogens is 250 g/mol. The van der Waals surface area contributed by atoms with Gasteiger partial charge in [-0.3, -0.25) is 0 Å². The van der Waals surface area contributed by atoms with Crippen LogP contribution in [0, 0.1) is 5.92 Å². The Bertz CT molecular complexity index is 578. The molecule has 1 aliphatic carbocycles. The van der Waals surface area contributed by atoms with Crippen molar-refractivity contribution in [2.24, 2.45) is 5.92 Å². The van der Waals surface area contributed by atoms with Gasteiger partial charge >= 0.3 is 0 Å². The molecule has 2 atom stereocenters. The van der Waals surface area contributed by atoms with Crippen molar-refractivity contribution in [1.82, 2.24) is 14.9 Å². The van der Waals surface area contributed by atoms with E-state index in [1.165, 1.54) is 5.52 Å². The number of benzene rings is 1. The zero-order valence-corrected chi connectivity index (χ0v) is 12.0. The molecule has 0 aliphatic heterocycles. The second-order valence-electron chi connectivity index (χ2n) is 5.65. The summed E-state index contributed by atoms with van der Waals surface area (Å²) in [6, 6.07) is 8.27. The topological polar surface area (TPSA) is 50.1 Å². The van der Waals surface area contributed by atoms with Crippen molar-refractivity contribution >= 4 is 11.0 Å². The van der Waals surface area contributed by atoms with E-state index in [1.807, 2.05) is 6.07 Å². The largest absolute Gasteiger partial charge is 0.393 e. The van der Waals surface area contributed by atoms with Gasteiger partial charge in [0.05, 0.1) is 23.7 Å². The molecule has 0 amide bonds. The lowest BCUT2D eigenvalue weighted by molar-refractivity contribution is 0.131. The number of aromatic nitrogens is 2. The predicted molar refractivity (Wildman–Crippen MR) is 80.5 cm³/mol. The number of aryl methyl sites for hydroxylation is 1. The number of nitrogens with zero attached hydrogens (tertiary/aromatic N) is 2. The summed E-state index contributed by atoms with van der Waals surface area (Å²) in [5, 5.41) is 13.3. The van der Waals surface area contributed by atoms with Crippen molar-refractivity contribution in [1.29, 1.82) is 0 Å². The average molecular weight is 273 g/mol. The van der Waals surface area contributed by atoms with Crippen LogP contribution in [0.4, 0.5) is 0 Å². The molecule has 1 saturated carbocycles. The zero-order chi connectivity index (χ0) is 13.9. The molecule has 4 heteroatoms. The SMILES string of the molecule is CCn1c(CNCC2CCCC2O)nc2ccccc21. The van der Waals surface area contributed by atoms with E-state index in [-0.39, 0.29) is 6.10 Å². The highest BCUT2D eigenvalue weighted by Gasteiger charge is 2.24. The summed E-state index contributed by atoms with van der Waals surface area (Å²) in [5.74, 6) is 1.50. The van der Waals surface area contributed by atoms with Crippen LogP contribution in [-0.4, -0.2) is 27.3 Å². The highest BCUT2D eigenvalue weighted by Crippen LogP contribution is 2.24. The molecule has 0 bridgehead atoms. The van der Waals surface area contributed by atoms with Gasteiger partial charge in [0.15, 0.2) is 0 Å².